The van der Waals surface area contributed by atoms with Crippen LogP contribution in [0.1, 0.15) is 24.5 Å². The van der Waals surface area contributed by atoms with Gasteiger partial charge in [0.05, 0.1) is 0 Å². The van der Waals surface area contributed by atoms with Crippen molar-refractivity contribution in [1.82, 2.24) is 0 Å². The van der Waals surface area contributed by atoms with E-state index in [2.05, 4.69) is 38.1 Å². The Morgan fingerprint density at radius 3 is 2.43 bits per heavy atom. The van der Waals surface area contributed by atoms with Crippen LogP contribution in [0.4, 0.5) is 0 Å². The summed E-state index contributed by atoms with van der Waals surface area (Å²) in [5, 5.41) is 0. The predicted molar refractivity (Wildman–Crippen MR) is 57.2 cm³/mol. The Kier molecular flexibility index (Phi) is 2.40. The van der Waals surface area contributed by atoms with Crippen molar-refractivity contribution in [3.05, 3.63) is 35.4 Å². The van der Waals surface area contributed by atoms with Gasteiger partial charge in [-0.1, -0.05) is 36.8 Å². The highest BCUT2D eigenvalue weighted by molar-refractivity contribution is 5.85. The summed E-state index contributed by atoms with van der Waals surface area (Å²) in [7, 11) is 0. The molecule has 2 atom stereocenters. The molecule has 0 bridgehead atoms. The Labute approximate surface area is 85.1 Å². The fraction of sp³-hybridized carbons (Fsp3) is 0.462. The van der Waals surface area contributed by atoms with Gasteiger partial charge < -0.3 is 0 Å². The van der Waals surface area contributed by atoms with E-state index in [1.54, 1.807) is 0 Å². The number of carbonyl (C=O) groups excluding carboxylic acids is 1. The van der Waals surface area contributed by atoms with Crippen LogP contribution in [0.2, 0.25) is 0 Å². The van der Waals surface area contributed by atoms with E-state index in [0.29, 0.717) is 24.0 Å². The average Bonchev–Trinajstić information content (AvgIpc) is 2.87. The number of carbonyl (C=O) groups is 1. The van der Waals surface area contributed by atoms with Crippen molar-refractivity contribution in [3.8, 4) is 0 Å². The summed E-state index contributed by atoms with van der Waals surface area (Å²) in [5.74, 6) is 1.41. The number of hydrogen-bond donors (Lipinski definition) is 0. The monoisotopic (exact) mass is 188 g/mol. The van der Waals surface area contributed by atoms with Gasteiger partial charge in [0.2, 0.25) is 0 Å². The molecule has 1 heteroatoms. The zero-order valence-electron chi connectivity index (χ0n) is 8.79. The summed E-state index contributed by atoms with van der Waals surface area (Å²) in [5.41, 5.74) is 2.40. The topological polar surface area (TPSA) is 17.1 Å². The Hall–Kier alpha value is -1.11. The number of aryl methyl sites for hydroxylation is 1. The summed E-state index contributed by atoms with van der Waals surface area (Å²) < 4.78 is 0. The van der Waals surface area contributed by atoms with Crippen LogP contribution in [0.25, 0.3) is 0 Å². The molecule has 1 aliphatic carbocycles. The van der Waals surface area contributed by atoms with Crippen molar-refractivity contribution in [2.45, 2.75) is 26.7 Å². The Morgan fingerprint density at radius 2 is 1.93 bits per heavy atom. The summed E-state index contributed by atoms with van der Waals surface area (Å²) in [6, 6.07) is 8.25. The quantitative estimate of drug-likeness (QED) is 0.712. The molecule has 1 aromatic carbocycles. The maximum absolute atomic E-state index is 11.7. The van der Waals surface area contributed by atoms with Gasteiger partial charge in [-0.25, -0.2) is 0 Å². The molecular weight excluding hydrogens is 172 g/mol. The molecule has 0 amide bonds. The van der Waals surface area contributed by atoms with E-state index in [4.69, 9.17) is 0 Å². The van der Waals surface area contributed by atoms with E-state index >= 15 is 0 Å². The molecule has 2 rings (SSSR count). The molecule has 0 aliphatic heterocycles. The van der Waals surface area contributed by atoms with Crippen LogP contribution in [0.15, 0.2) is 24.3 Å². The van der Waals surface area contributed by atoms with Crippen LogP contribution >= 0.6 is 0 Å². The smallest absolute Gasteiger partial charge is 0.140 e. The van der Waals surface area contributed by atoms with Gasteiger partial charge in [0.15, 0.2) is 0 Å². The first-order chi connectivity index (χ1) is 6.66. The number of benzene rings is 1. The molecular formula is C13H16O. The van der Waals surface area contributed by atoms with Crippen LogP contribution in [0, 0.1) is 18.8 Å². The number of Topliss-reactive ketones (excluding diaryl/α,β-unsaturated/α-hetero) is 1. The van der Waals surface area contributed by atoms with Gasteiger partial charge >= 0.3 is 0 Å². The summed E-state index contributed by atoms with van der Waals surface area (Å²) in [6.07, 6.45) is 1.72. The molecule has 0 heterocycles. The number of rotatable bonds is 3. The van der Waals surface area contributed by atoms with Gasteiger partial charge in [-0.05, 0) is 24.8 Å². The minimum Gasteiger partial charge on any atom is -0.299 e. The van der Waals surface area contributed by atoms with Crippen molar-refractivity contribution in [2.75, 3.05) is 0 Å². The third kappa shape index (κ3) is 2.03. The van der Waals surface area contributed by atoms with Crippen molar-refractivity contribution in [1.29, 1.82) is 0 Å². The molecule has 0 N–H and O–H groups in total. The van der Waals surface area contributed by atoms with E-state index < -0.39 is 0 Å². The van der Waals surface area contributed by atoms with Crippen molar-refractivity contribution in [2.24, 2.45) is 11.8 Å². The maximum Gasteiger partial charge on any atom is 0.140 e. The molecule has 1 nitrogen and oxygen atoms in total. The minimum atomic E-state index is 0.358. The fourth-order valence-corrected chi connectivity index (χ4v) is 1.81. The second kappa shape index (κ2) is 3.56. The Balaban J connectivity index is 1.97. The molecule has 0 spiro atoms. The normalized spacial score (nSPS) is 24.7. The minimum absolute atomic E-state index is 0.358. The summed E-state index contributed by atoms with van der Waals surface area (Å²) in [6.45, 7) is 4.21. The first-order valence-electron chi connectivity index (χ1n) is 5.25. The van der Waals surface area contributed by atoms with Crippen molar-refractivity contribution >= 4 is 5.78 Å². The van der Waals surface area contributed by atoms with E-state index in [9.17, 15) is 4.79 Å². The fourth-order valence-electron chi connectivity index (χ4n) is 1.81. The zero-order chi connectivity index (χ0) is 10.1. The highest BCUT2D eigenvalue weighted by atomic mass is 16.1. The molecule has 1 aromatic rings. The zero-order valence-corrected chi connectivity index (χ0v) is 8.79. The van der Waals surface area contributed by atoms with Crippen LogP contribution in [0.5, 0.6) is 0 Å². The highest BCUT2D eigenvalue weighted by Crippen LogP contribution is 2.39. The molecule has 74 valence electrons. The first-order valence-corrected chi connectivity index (χ1v) is 5.25. The van der Waals surface area contributed by atoms with Crippen LogP contribution in [-0.2, 0) is 11.2 Å². The molecule has 1 saturated carbocycles. The Bertz CT molecular complexity index is 337. The third-order valence-electron chi connectivity index (χ3n) is 3.02. The SMILES string of the molecule is Cc1ccc(CC(=O)C2CC2C)cc1. The van der Waals surface area contributed by atoms with Crippen LogP contribution in [-0.4, -0.2) is 5.78 Å². The van der Waals surface area contributed by atoms with E-state index in [-0.39, 0.29) is 0 Å². The van der Waals surface area contributed by atoms with Gasteiger partial charge in [-0.3, -0.25) is 4.79 Å². The lowest BCUT2D eigenvalue weighted by Gasteiger charge is -2.00. The van der Waals surface area contributed by atoms with Crippen LogP contribution < -0.4 is 0 Å². The lowest BCUT2D eigenvalue weighted by molar-refractivity contribution is -0.119. The molecule has 0 saturated heterocycles. The molecule has 0 aromatic heterocycles. The standard InChI is InChI=1S/C13H16O/c1-9-3-5-11(6-4-9)8-13(14)12-7-10(12)2/h3-6,10,12H,7-8H2,1-2H3. The second-order valence-electron chi connectivity index (χ2n) is 4.45. The highest BCUT2D eigenvalue weighted by Gasteiger charge is 2.38. The van der Waals surface area contributed by atoms with E-state index in [0.717, 1.165) is 12.0 Å². The number of hydrogen-bond acceptors (Lipinski definition) is 1. The molecule has 1 fully saturated rings. The van der Waals surface area contributed by atoms with Gasteiger partial charge in [-0.2, -0.15) is 0 Å². The van der Waals surface area contributed by atoms with Gasteiger partial charge in [0.25, 0.3) is 0 Å². The van der Waals surface area contributed by atoms with Crippen LogP contribution in [0.3, 0.4) is 0 Å². The van der Waals surface area contributed by atoms with Crippen molar-refractivity contribution in [3.63, 3.8) is 0 Å². The molecule has 2 unspecified atom stereocenters. The summed E-state index contributed by atoms with van der Waals surface area (Å²) >= 11 is 0. The largest absolute Gasteiger partial charge is 0.299 e. The molecule has 0 radical (unpaired) electrons. The Morgan fingerprint density at radius 1 is 1.36 bits per heavy atom. The summed E-state index contributed by atoms with van der Waals surface area (Å²) in [4.78, 5) is 11.7. The lowest BCUT2D eigenvalue weighted by Crippen LogP contribution is -2.05. The van der Waals surface area contributed by atoms with E-state index in [1.807, 2.05) is 0 Å². The lowest BCUT2D eigenvalue weighted by atomic mass is 10.0. The average molecular weight is 188 g/mol. The predicted octanol–water partition coefficient (Wildman–Crippen LogP) is 2.76. The number of ketones is 1. The molecule has 1 aliphatic rings. The van der Waals surface area contributed by atoms with Gasteiger partial charge in [0.1, 0.15) is 5.78 Å². The van der Waals surface area contributed by atoms with Gasteiger partial charge in [-0.15, -0.1) is 0 Å². The molecule has 14 heavy (non-hydrogen) atoms. The second-order valence-corrected chi connectivity index (χ2v) is 4.45. The maximum atomic E-state index is 11.7. The van der Waals surface area contributed by atoms with E-state index in [1.165, 1.54) is 5.56 Å². The van der Waals surface area contributed by atoms with Crippen molar-refractivity contribution < 1.29 is 4.79 Å². The van der Waals surface area contributed by atoms with Gasteiger partial charge in [0, 0.05) is 12.3 Å². The first kappa shape index (κ1) is 9.45. The third-order valence-corrected chi connectivity index (χ3v) is 3.02.